The highest BCUT2D eigenvalue weighted by atomic mass is 35.5. The molecular weight excluding hydrogens is 516 g/mol. The van der Waals surface area contributed by atoms with E-state index in [1.807, 2.05) is 37.3 Å². The van der Waals surface area contributed by atoms with Crippen molar-refractivity contribution in [2.24, 2.45) is 5.92 Å². The van der Waals surface area contributed by atoms with Gasteiger partial charge in [0.1, 0.15) is 0 Å². The van der Waals surface area contributed by atoms with E-state index >= 15 is 0 Å². The van der Waals surface area contributed by atoms with Crippen molar-refractivity contribution >= 4 is 54.2 Å². The van der Waals surface area contributed by atoms with Gasteiger partial charge in [0.05, 0.1) is 38.3 Å². The van der Waals surface area contributed by atoms with Crippen LogP contribution in [0, 0.1) is 12.8 Å². The van der Waals surface area contributed by atoms with Gasteiger partial charge in [0, 0.05) is 19.3 Å². The highest BCUT2D eigenvalue weighted by Crippen LogP contribution is 2.37. The van der Waals surface area contributed by atoms with Gasteiger partial charge in [0.2, 0.25) is 15.9 Å². The number of piperidine rings is 1. The van der Waals surface area contributed by atoms with Crippen molar-refractivity contribution in [2.45, 2.75) is 31.2 Å². The number of anilines is 1. The topological polar surface area (TPSA) is 83.5 Å². The summed E-state index contributed by atoms with van der Waals surface area (Å²) in [6.45, 7) is 2.70. The van der Waals surface area contributed by atoms with E-state index in [1.54, 1.807) is 41.4 Å². The minimum atomic E-state index is -3.69. The zero-order chi connectivity index (χ0) is 25.3. The van der Waals surface area contributed by atoms with Gasteiger partial charge < -0.3 is 0 Å². The molecule has 36 heavy (non-hydrogen) atoms. The molecule has 4 aromatic rings. The Morgan fingerprint density at radius 2 is 1.92 bits per heavy atom. The van der Waals surface area contributed by atoms with E-state index < -0.39 is 15.9 Å². The standard InChI is InChI=1S/C26H25ClN4O3S2/c1-18-12-13-22(27)24-23(18)29-26(35-24)31(17-20-9-5-6-14-28-20)25(32)19-8-7-15-30(16-19)36(33,34)21-10-3-2-4-11-21/h2-6,9-14,19H,7-8,15-17H2,1H3. The average molecular weight is 541 g/mol. The minimum Gasteiger partial charge on any atom is -0.282 e. The first-order chi connectivity index (χ1) is 17.3. The quantitative estimate of drug-likeness (QED) is 0.332. The Hall–Kier alpha value is -2.85. The number of halogens is 1. The molecule has 7 nitrogen and oxygen atoms in total. The molecule has 0 bridgehead atoms. The summed E-state index contributed by atoms with van der Waals surface area (Å²) in [5, 5.41) is 1.11. The second-order valence-corrected chi connectivity index (χ2v) is 12.1. The molecule has 0 spiro atoms. The number of sulfonamides is 1. The average Bonchev–Trinajstić information content (AvgIpc) is 3.37. The maximum absolute atomic E-state index is 14.0. The summed E-state index contributed by atoms with van der Waals surface area (Å²) in [5.41, 5.74) is 2.45. The fourth-order valence-corrected chi connectivity index (χ4v) is 7.29. The summed E-state index contributed by atoms with van der Waals surface area (Å²) in [7, 11) is -3.69. The third-order valence-electron chi connectivity index (χ3n) is 6.34. The van der Waals surface area contributed by atoms with Crippen LogP contribution < -0.4 is 4.90 Å². The molecule has 1 saturated heterocycles. The summed E-state index contributed by atoms with van der Waals surface area (Å²) >= 11 is 7.81. The van der Waals surface area contributed by atoms with E-state index in [-0.39, 0.29) is 23.9 Å². The predicted molar refractivity (Wildman–Crippen MR) is 143 cm³/mol. The van der Waals surface area contributed by atoms with Crippen molar-refractivity contribution in [1.29, 1.82) is 0 Å². The summed E-state index contributed by atoms with van der Waals surface area (Å²) in [4.78, 5) is 25.0. The summed E-state index contributed by atoms with van der Waals surface area (Å²) in [6.07, 6.45) is 2.89. The van der Waals surface area contributed by atoms with Gasteiger partial charge in [0.25, 0.3) is 0 Å². The van der Waals surface area contributed by atoms with E-state index in [9.17, 15) is 13.2 Å². The van der Waals surface area contributed by atoms with Gasteiger partial charge >= 0.3 is 0 Å². The van der Waals surface area contributed by atoms with Crippen LogP contribution in [0.4, 0.5) is 5.13 Å². The first-order valence-corrected chi connectivity index (χ1v) is 14.3. The Morgan fingerprint density at radius 3 is 2.64 bits per heavy atom. The lowest BCUT2D eigenvalue weighted by molar-refractivity contribution is -0.123. The Labute approximate surface area is 219 Å². The molecular formula is C26H25ClN4O3S2. The largest absolute Gasteiger partial charge is 0.282 e. The van der Waals surface area contributed by atoms with Crippen molar-refractivity contribution in [3.8, 4) is 0 Å². The van der Waals surface area contributed by atoms with Crippen molar-refractivity contribution < 1.29 is 13.2 Å². The zero-order valence-corrected chi connectivity index (χ0v) is 22.1. The Bertz CT molecular complexity index is 1450. The Kier molecular flexibility index (Phi) is 7.07. The molecule has 1 aliphatic heterocycles. The van der Waals surface area contributed by atoms with Crippen LogP contribution in [0.5, 0.6) is 0 Å². The zero-order valence-electron chi connectivity index (χ0n) is 19.7. The molecule has 0 radical (unpaired) electrons. The third-order valence-corrected chi connectivity index (χ3v) is 9.76. The molecule has 1 unspecified atom stereocenters. The van der Waals surface area contributed by atoms with Gasteiger partial charge in [-0.2, -0.15) is 4.31 Å². The first kappa shape index (κ1) is 24.8. The molecule has 1 fully saturated rings. The van der Waals surface area contributed by atoms with Crippen LogP contribution in [0.1, 0.15) is 24.1 Å². The van der Waals surface area contributed by atoms with Crippen LogP contribution in [0.15, 0.2) is 71.8 Å². The van der Waals surface area contributed by atoms with E-state index in [1.165, 1.54) is 15.6 Å². The van der Waals surface area contributed by atoms with Crippen LogP contribution >= 0.6 is 22.9 Å². The number of carbonyl (C=O) groups is 1. The predicted octanol–water partition coefficient (Wildman–Crippen LogP) is 5.29. The van der Waals surface area contributed by atoms with Crippen LogP contribution in [0.3, 0.4) is 0 Å². The number of aromatic nitrogens is 2. The number of fused-ring (bicyclic) bond motifs is 1. The molecule has 2 aromatic carbocycles. The van der Waals surface area contributed by atoms with E-state index in [2.05, 4.69) is 4.98 Å². The summed E-state index contributed by atoms with van der Waals surface area (Å²) in [6, 6.07) is 17.7. The highest BCUT2D eigenvalue weighted by molar-refractivity contribution is 7.89. The van der Waals surface area contributed by atoms with E-state index in [4.69, 9.17) is 16.6 Å². The molecule has 0 saturated carbocycles. The third kappa shape index (κ3) is 4.88. The normalized spacial score (nSPS) is 16.8. The SMILES string of the molecule is Cc1ccc(Cl)c2sc(N(Cc3ccccn3)C(=O)C3CCCN(S(=O)(=O)c4ccccc4)C3)nc12. The molecule has 1 amide bonds. The minimum absolute atomic E-state index is 0.124. The van der Waals surface area contributed by atoms with Crippen molar-refractivity contribution in [3.63, 3.8) is 0 Å². The number of aryl methyl sites for hydroxylation is 1. The maximum Gasteiger partial charge on any atom is 0.243 e. The molecule has 3 heterocycles. The molecule has 186 valence electrons. The number of amides is 1. The van der Waals surface area contributed by atoms with Crippen molar-refractivity contribution in [2.75, 3.05) is 18.0 Å². The van der Waals surface area contributed by atoms with Crippen LogP contribution in [0.2, 0.25) is 5.02 Å². The van der Waals surface area contributed by atoms with Gasteiger partial charge in [-0.1, -0.05) is 53.3 Å². The number of hydrogen-bond acceptors (Lipinski definition) is 6. The summed E-state index contributed by atoms with van der Waals surface area (Å²) < 4.78 is 28.7. The highest BCUT2D eigenvalue weighted by Gasteiger charge is 2.36. The van der Waals surface area contributed by atoms with Gasteiger partial charge in [-0.05, 0) is 55.7 Å². The number of rotatable bonds is 6. The Balaban J connectivity index is 1.48. The number of hydrogen-bond donors (Lipinski definition) is 0. The molecule has 0 N–H and O–H groups in total. The lowest BCUT2D eigenvalue weighted by atomic mass is 9.98. The van der Waals surface area contributed by atoms with Gasteiger partial charge in [-0.3, -0.25) is 14.7 Å². The van der Waals surface area contributed by atoms with Crippen molar-refractivity contribution in [1.82, 2.24) is 14.3 Å². The van der Waals surface area contributed by atoms with Gasteiger partial charge in [-0.15, -0.1) is 0 Å². The number of pyridine rings is 1. The Morgan fingerprint density at radius 1 is 1.14 bits per heavy atom. The maximum atomic E-state index is 14.0. The van der Waals surface area contributed by atoms with Crippen molar-refractivity contribution in [3.05, 3.63) is 83.1 Å². The van der Waals surface area contributed by atoms with E-state index in [0.717, 1.165) is 21.5 Å². The lowest BCUT2D eigenvalue weighted by Crippen LogP contribution is -2.46. The number of nitrogens with zero attached hydrogens (tertiary/aromatic N) is 4. The molecule has 2 aromatic heterocycles. The second-order valence-electron chi connectivity index (χ2n) is 8.80. The molecule has 10 heteroatoms. The molecule has 0 aliphatic carbocycles. The molecule has 5 rings (SSSR count). The van der Waals surface area contributed by atoms with Crippen LogP contribution in [-0.4, -0.2) is 41.7 Å². The number of carbonyl (C=O) groups excluding carboxylic acids is 1. The van der Waals surface area contributed by atoms with Crippen LogP contribution in [0.25, 0.3) is 10.2 Å². The first-order valence-electron chi connectivity index (χ1n) is 11.7. The fourth-order valence-electron chi connectivity index (χ4n) is 4.42. The van der Waals surface area contributed by atoms with Gasteiger partial charge in [-0.25, -0.2) is 13.4 Å². The second kappa shape index (κ2) is 10.3. The molecule has 1 atom stereocenters. The summed E-state index contributed by atoms with van der Waals surface area (Å²) in [5.74, 6) is -0.661. The van der Waals surface area contributed by atoms with Crippen LogP contribution in [-0.2, 0) is 21.4 Å². The van der Waals surface area contributed by atoms with E-state index in [0.29, 0.717) is 29.5 Å². The molecule has 1 aliphatic rings. The smallest absolute Gasteiger partial charge is 0.243 e. The van der Waals surface area contributed by atoms with Gasteiger partial charge in [0.15, 0.2) is 5.13 Å². The fraction of sp³-hybridized carbons (Fsp3) is 0.269. The lowest BCUT2D eigenvalue weighted by Gasteiger charge is -2.33. The monoisotopic (exact) mass is 540 g/mol. The number of thiazole rings is 1. The number of benzene rings is 2.